The highest BCUT2D eigenvalue weighted by Crippen LogP contribution is 2.55. The van der Waals surface area contributed by atoms with Gasteiger partial charge in [0.15, 0.2) is 0 Å². The van der Waals surface area contributed by atoms with Gasteiger partial charge in [-0.2, -0.15) is 0 Å². The zero-order valence-electron chi connectivity index (χ0n) is 21.1. The average molecular weight is 482 g/mol. The summed E-state index contributed by atoms with van der Waals surface area (Å²) in [7, 11) is -4.07. The Hall–Kier alpha value is -1.48. The minimum absolute atomic E-state index is 0.0430. The van der Waals surface area contributed by atoms with E-state index >= 15 is 0 Å². The van der Waals surface area contributed by atoms with E-state index in [9.17, 15) is 18.9 Å². The molecule has 11 heteroatoms. The topological polar surface area (TPSA) is 118 Å². The normalized spacial score (nSPS) is 12.9. The van der Waals surface area contributed by atoms with Crippen molar-refractivity contribution in [1.82, 2.24) is 4.90 Å². The van der Waals surface area contributed by atoms with E-state index in [1.165, 1.54) is 6.92 Å². The maximum atomic E-state index is 13.0. The van der Waals surface area contributed by atoms with Gasteiger partial charge in [0.05, 0.1) is 11.2 Å². The van der Waals surface area contributed by atoms with Gasteiger partial charge in [0.2, 0.25) is 6.79 Å². The summed E-state index contributed by atoms with van der Waals surface area (Å²) in [5.41, 5.74) is -2.42. The molecule has 10 nitrogen and oxygen atoms in total. The fraction of sp³-hybridized carbons (Fsp3) is 0.857. The van der Waals surface area contributed by atoms with E-state index in [0.29, 0.717) is 6.42 Å². The van der Waals surface area contributed by atoms with Gasteiger partial charge in [0.25, 0.3) is 0 Å². The molecule has 0 saturated heterocycles. The number of carbonyl (C=O) groups is 3. The molecule has 0 rings (SSSR count). The fourth-order valence-electron chi connectivity index (χ4n) is 2.26. The van der Waals surface area contributed by atoms with E-state index < -0.39 is 43.5 Å². The van der Waals surface area contributed by atoms with E-state index in [4.69, 9.17) is 23.0 Å². The van der Waals surface area contributed by atoms with E-state index in [0.717, 1.165) is 4.90 Å². The van der Waals surface area contributed by atoms with Gasteiger partial charge in [-0.3, -0.25) is 18.7 Å². The first-order chi connectivity index (χ1) is 14.2. The standard InChI is InChI=1S/C21H40NO9P/c1-16(23)12-11-13-22(14-17(24)29-19(2,3)4)18(25)27-15-28-32(26,30-20(5,6)7)31-21(8,9)10/h11-15H2,1-10H3. The first-order valence-electron chi connectivity index (χ1n) is 10.5. The smallest absolute Gasteiger partial charge is 0.459 e. The Labute approximate surface area is 191 Å². The molecule has 0 aromatic carbocycles. The van der Waals surface area contributed by atoms with Crippen LogP contribution in [0.5, 0.6) is 0 Å². The Morgan fingerprint density at radius 1 is 0.844 bits per heavy atom. The van der Waals surface area contributed by atoms with Crippen LogP contribution in [0, 0.1) is 0 Å². The van der Waals surface area contributed by atoms with Crippen LogP contribution in [-0.2, 0) is 37.2 Å². The van der Waals surface area contributed by atoms with Crippen LogP contribution in [0.1, 0.15) is 82.1 Å². The Balaban J connectivity index is 5.16. The molecule has 32 heavy (non-hydrogen) atoms. The molecule has 0 spiro atoms. The Bertz CT molecular complexity index is 667. The predicted molar refractivity (Wildman–Crippen MR) is 119 cm³/mol. The van der Waals surface area contributed by atoms with Gasteiger partial charge in [-0.05, 0) is 75.7 Å². The van der Waals surface area contributed by atoms with Crippen molar-refractivity contribution < 1.29 is 42.0 Å². The third-order valence-electron chi connectivity index (χ3n) is 3.12. The van der Waals surface area contributed by atoms with Crippen LogP contribution in [0.25, 0.3) is 0 Å². The molecule has 0 fully saturated rings. The number of ether oxygens (including phenoxy) is 2. The van der Waals surface area contributed by atoms with Crippen molar-refractivity contribution in [1.29, 1.82) is 0 Å². The SMILES string of the molecule is CC(=O)CCCN(CC(=O)OC(C)(C)C)C(=O)OCOP(=O)(OC(C)(C)C)OC(C)(C)C. The number of hydrogen-bond donors (Lipinski definition) is 0. The van der Waals surface area contributed by atoms with Crippen LogP contribution in [0.15, 0.2) is 0 Å². The highest BCUT2D eigenvalue weighted by Gasteiger charge is 2.37. The summed E-state index contributed by atoms with van der Waals surface area (Å²) in [5.74, 6) is -0.672. The first kappa shape index (κ1) is 30.5. The second-order valence-electron chi connectivity index (χ2n) is 10.3. The highest BCUT2D eigenvalue weighted by molar-refractivity contribution is 7.48. The summed E-state index contributed by atoms with van der Waals surface area (Å²) in [4.78, 5) is 37.0. The van der Waals surface area contributed by atoms with Crippen LogP contribution in [0.3, 0.4) is 0 Å². The molecular weight excluding hydrogens is 441 g/mol. The van der Waals surface area contributed by atoms with E-state index in [2.05, 4.69) is 0 Å². The average Bonchev–Trinajstić information content (AvgIpc) is 2.47. The molecule has 0 bridgehead atoms. The molecule has 0 aliphatic rings. The van der Waals surface area contributed by atoms with Crippen LogP contribution in [0.2, 0.25) is 0 Å². The molecule has 0 aliphatic heterocycles. The zero-order chi connectivity index (χ0) is 25.4. The lowest BCUT2D eigenvalue weighted by molar-refractivity contribution is -0.156. The number of Topliss-reactive ketones (excluding diaryl/α,β-unsaturated/α-hetero) is 1. The lowest BCUT2D eigenvalue weighted by Crippen LogP contribution is -2.40. The van der Waals surface area contributed by atoms with E-state index in [-0.39, 0.29) is 25.3 Å². The molecule has 188 valence electrons. The molecule has 0 unspecified atom stereocenters. The van der Waals surface area contributed by atoms with E-state index in [1.807, 2.05) is 0 Å². The molecular formula is C21H40NO9P. The summed E-state index contributed by atoms with van der Waals surface area (Å²) in [6, 6.07) is 0. The monoisotopic (exact) mass is 481 g/mol. The summed E-state index contributed by atoms with van der Waals surface area (Å²) in [5, 5.41) is 0. The first-order valence-corrected chi connectivity index (χ1v) is 12.0. The molecule has 0 heterocycles. The molecule has 0 aromatic heterocycles. The number of rotatable bonds is 11. The number of hydrogen-bond acceptors (Lipinski definition) is 9. The van der Waals surface area contributed by atoms with E-state index in [1.54, 1.807) is 62.3 Å². The number of amides is 1. The summed E-state index contributed by atoms with van der Waals surface area (Å²) < 4.78 is 39.4. The van der Waals surface area contributed by atoms with Crippen molar-refractivity contribution in [3.8, 4) is 0 Å². The zero-order valence-corrected chi connectivity index (χ0v) is 22.0. The number of carbonyl (C=O) groups excluding carboxylic acids is 3. The second kappa shape index (κ2) is 12.1. The van der Waals surface area contributed by atoms with Gasteiger partial charge < -0.3 is 14.3 Å². The number of phosphoric ester groups is 1. The molecule has 0 aromatic rings. The number of ketones is 1. The van der Waals surface area contributed by atoms with Gasteiger partial charge in [-0.15, -0.1) is 0 Å². The van der Waals surface area contributed by atoms with Crippen LogP contribution >= 0.6 is 7.82 Å². The molecule has 0 radical (unpaired) electrons. The van der Waals surface area contributed by atoms with Crippen molar-refractivity contribution in [3.05, 3.63) is 0 Å². The van der Waals surface area contributed by atoms with Crippen molar-refractivity contribution in [2.24, 2.45) is 0 Å². The maximum Gasteiger partial charge on any atom is 0.478 e. The van der Waals surface area contributed by atoms with Crippen LogP contribution in [0.4, 0.5) is 4.79 Å². The third kappa shape index (κ3) is 16.2. The third-order valence-corrected chi connectivity index (χ3v) is 5.08. The molecule has 0 saturated carbocycles. The number of esters is 1. The quantitative estimate of drug-likeness (QED) is 0.232. The fourth-order valence-corrected chi connectivity index (χ4v) is 3.92. The van der Waals surface area contributed by atoms with Crippen molar-refractivity contribution in [3.63, 3.8) is 0 Å². The predicted octanol–water partition coefficient (Wildman–Crippen LogP) is 4.85. The van der Waals surface area contributed by atoms with Gasteiger partial charge >= 0.3 is 19.9 Å². The molecule has 1 amide bonds. The molecule has 0 aliphatic carbocycles. The second-order valence-corrected chi connectivity index (χ2v) is 11.8. The number of nitrogens with zero attached hydrogens (tertiary/aromatic N) is 1. The van der Waals surface area contributed by atoms with Crippen molar-refractivity contribution in [2.75, 3.05) is 19.9 Å². The van der Waals surface area contributed by atoms with Crippen molar-refractivity contribution >= 4 is 25.7 Å². The summed E-state index contributed by atoms with van der Waals surface area (Å²) in [6.45, 7) is 15.6. The number of phosphoric acid groups is 1. The van der Waals surface area contributed by atoms with Crippen LogP contribution < -0.4 is 0 Å². The van der Waals surface area contributed by atoms with Crippen LogP contribution in [-0.4, -0.2) is 59.4 Å². The minimum Gasteiger partial charge on any atom is -0.459 e. The van der Waals surface area contributed by atoms with Gasteiger partial charge in [-0.25, -0.2) is 13.9 Å². The Kier molecular flexibility index (Phi) is 11.6. The Morgan fingerprint density at radius 2 is 1.34 bits per heavy atom. The molecule has 0 atom stereocenters. The van der Waals surface area contributed by atoms with Gasteiger partial charge in [0, 0.05) is 13.0 Å². The van der Waals surface area contributed by atoms with Gasteiger partial charge in [-0.1, -0.05) is 0 Å². The Morgan fingerprint density at radius 3 is 1.75 bits per heavy atom. The maximum absolute atomic E-state index is 13.0. The highest BCUT2D eigenvalue weighted by atomic mass is 31.2. The summed E-state index contributed by atoms with van der Waals surface area (Å²) >= 11 is 0. The minimum atomic E-state index is -4.07. The van der Waals surface area contributed by atoms with Crippen molar-refractivity contribution in [2.45, 2.75) is 98.9 Å². The summed E-state index contributed by atoms with van der Waals surface area (Å²) in [6.07, 6.45) is -0.312. The largest absolute Gasteiger partial charge is 0.478 e. The lowest BCUT2D eigenvalue weighted by atomic mass is 10.2. The molecule has 0 N–H and O–H groups in total. The lowest BCUT2D eigenvalue weighted by Gasteiger charge is -2.31. The van der Waals surface area contributed by atoms with Gasteiger partial charge in [0.1, 0.15) is 17.9 Å².